The molecular weight excluding hydrogens is 521 g/mol. The maximum Gasteiger partial charge on any atom is 0.416 e. The van der Waals surface area contributed by atoms with E-state index in [4.69, 9.17) is 14.2 Å². The van der Waals surface area contributed by atoms with Crippen molar-refractivity contribution >= 4 is 40.6 Å². The van der Waals surface area contributed by atoms with Crippen LogP contribution in [0.3, 0.4) is 0 Å². The normalized spacial score (nSPS) is 14.9. The second-order valence-corrected chi connectivity index (χ2v) is 8.75. The Morgan fingerprint density at radius 1 is 1.14 bits per heavy atom. The molecule has 0 saturated carbocycles. The van der Waals surface area contributed by atoms with E-state index in [-0.39, 0.29) is 16.4 Å². The summed E-state index contributed by atoms with van der Waals surface area (Å²) in [5.74, 6) is -1.89. The third kappa shape index (κ3) is 6.58. The molecule has 2 aromatic rings. The number of rotatable bonds is 8. The van der Waals surface area contributed by atoms with E-state index in [1.165, 1.54) is 31.4 Å². The summed E-state index contributed by atoms with van der Waals surface area (Å²) < 4.78 is 54.5. The molecule has 0 spiro atoms. The van der Waals surface area contributed by atoms with Crippen molar-refractivity contribution in [2.75, 3.05) is 13.7 Å². The van der Waals surface area contributed by atoms with Crippen molar-refractivity contribution in [3.63, 3.8) is 0 Å². The highest BCUT2D eigenvalue weighted by molar-refractivity contribution is 8.18. The molecule has 1 aliphatic heterocycles. The van der Waals surface area contributed by atoms with Crippen molar-refractivity contribution in [3.05, 3.63) is 62.5 Å². The van der Waals surface area contributed by atoms with Crippen molar-refractivity contribution in [2.45, 2.75) is 26.1 Å². The number of carbonyl (C=O) groups excluding carboxylic acids is 3. The molecule has 0 radical (unpaired) electrons. The number of imide groups is 1. The number of hydrogen-bond donors (Lipinski definition) is 0. The molecule has 0 aromatic heterocycles. The van der Waals surface area contributed by atoms with Gasteiger partial charge in [0.25, 0.3) is 11.1 Å². The van der Waals surface area contributed by atoms with E-state index in [9.17, 15) is 37.7 Å². The Kier molecular flexibility index (Phi) is 8.11. The van der Waals surface area contributed by atoms with Gasteiger partial charge in [-0.25, -0.2) is 0 Å². The van der Waals surface area contributed by atoms with Gasteiger partial charge >= 0.3 is 17.8 Å². The van der Waals surface area contributed by atoms with E-state index in [0.717, 1.165) is 11.0 Å². The number of nitro benzene ring substituents is 1. The molecule has 1 heterocycles. The van der Waals surface area contributed by atoms with Gasteiger partial charge in [-0.05, 0) is 61.5 Å². The molecule has 3 rings (SSSR count). The summed E-state index contributed by atoms with van der Waals surface area (Å²) in [4.78, 5) is 47.8. The fraction of sp³-hybridized carbons (Fsp3) is 0.261. The minimum atomic E-state index is -4.78. The average Bonchev–Trinajstić information content (AvgIpc) is 3.06. The Morgan fingerprint density at radius 3 is 2.41 bits per heavy atom. The minimum Gasteiger partial charge on any atom is -0.493 e. The van der Waals surface area contributed by atoms with Crippen LogP contribution in [0.5, 0.6) is 17.2 Å². The van der Waals surface area contributed by atoms with E-state index in [1.54, 1.807) is 13.8 Å². The van der Waals surface area contributed by atoms with Gasteiger partial charge in [-0.1, -0.05) is 6.07 Å². The summed E-state index contributed by atoms with van der Waals surface area (Å²) >= 11 is 0.618. The molecule has 0 bridgehead atoms. The van der Waals surface area contributed by atoms with Crippen LogP contribution in [0.2, 0.25) is 0 Å². The lowest BCUT2D eigenvalue weighted by molar-refractivity contribution is -0.385. The summed E-state index contributed by atoms with van der Waals surface area (Å²) in [6.45, 7) is 2.71. The van der Waals surface area contributed by atoms with E-state index >= 15 is 0 Å². The average molecular weight is 540 g/mol. The number of nitro groups is 1. The maximum absolute atomic E-state index is 12.9. The Labute approximate surface area is 212 Å². The largest absolute Gasteiger partial charge is 0.493 e. The fourth-order valence-corrected chi connectivity index (χ4v) is 3.95. The number of hydrogen-bond acceptors (Lipinski definition) is 9. The predicted octanol–water partition coefficient (Wildman–Crippen LogP) is 5.40. The zero-order valence-electron chi connectivity index (χ0n) is 19.5. The molecule has 0 aliphatic carbocycles. The lowest BCUT2D eigenvalue weighted by Gasteiger charge is -2.13. The van der Waals surface area contributed by atoms with Crippen LogP contribution in [0, 0.1) is 10.1 Å². The summed E-state index contributed by atoms with van der Waals surface area (Å²) in [7, 11) is 1.27. The molecule has 14 heteroatoms. The molecule has 0 atom stereocenters. The van der Waals surface area contributed by atoms with Crippen molar-refractivity contribution < 1.29 is 46.7 Å². The first-order chi connectivity index (χ1) is 17.3. The van der Waals surface area contributed by atoms with Crippen molar-refractivity contribution in [2.24, 2.45) is 0 Å². The SMILES string of the molecule is COc1cc(/C=C2\SC(=O)N(CC(=O)OC(C)C)C2=O)ccc1Oc1ccc(C(F)(F)F)cc1[N+](=O)[O-]. The maximum atomic E-state index is 12.9. The number of benzene rings is 2. The van der Waals surface area contributed by atoms with Crippen LogP contribution in [0.1, 0.15) is 25.0 Å². The van der Waals surface area contributed by atoms with Gasteiger partial charge < -0.3 is 14.2 Å². The zero-order chi connectivity index (χ0) is 27.5. The van der Waals surface area contributed by atoms with Crippen LogP contribution in [-0.4, -0.2) is 46.7 Å². The van der Waals surface area contributed by atoms with E-state index in [2.05, 4.69) is 0 Å². The van der Waals surface area contributed by atoms with Crippen LogP contribution < -0.4 is 9.47 Å². The number of alkyl halides is 3. The van der Waals surface area contributed by atoms with E-state index < -0.39 is 57.9 Å². The summed E-state index contributed by atoms with van der Waals surface area (Å²) in [6, 6.07) is 6.01. The van der Waals surface area contributed by atoms with Crippen LogP contribution in [0.4, 0.5) is 23.7 Å². The molecular formula is C23H19F3N2O8S. The lowest BCUT2D eigenvalue weighted by Crippen LogP contribution is -2.35. The molecule has 0 N–H and O–H groups in total. The molecule has 2 amide bonds. The van der Waals surface area contributed by atoms with Gasteiger partial charge in [-0.2, -0.15) is 13.2 Å². The van der Waals surface area contributed by atoms with Gasteiger partial charge in [0.05, 0.1) is 28.6 Å². The molecule has 10 nitrogen and oxygen atoms in total. The van der Waals surface area contributed by atoms with Crippen LogP contribution in [0.15, 0.2) is 41.3 Å². The molecule has 1 fully saturated rings. The second-order valence-electron chi connectivity index (χ2n) is 7.76. The Bertz CT molecular complexity index is 1290. The number of halogens is 3. The molecule has 196 valence electrons. The zero-order valence-corrected chi connectivity index (χ0v) is 20.3. The third-order valence-corrected chi connectivity index (χ3v) is 5.62. The van der Waals surface area contributed by atoms with Gasteiger partial charge in [0.1, 0.15) is 6.54 Å². The Morgan fingerprint density at radius 2 is 1.81 bits per heavy atom. The molecule has 1 aliphatic rings. The van der Waals surface area contributed by atoms with Crippen molar-refractivity contribution in [1.82, 2.24) is 4.90 Å². The topological polar surface area (TPSA) is 125 Å². The second kappa shape index (κ2) is 10.9. The number of thioether (sulfide) groups is 1. The molecule has 0 unspecified atom stereocenters. The van der Waals surface area contributed by atoms with Gasteiger partial charge in [0.2, 0.25) is 5.75 Å². The van der Waals surface area contributed by atoms with E-state index in [1.807, 2.05) is 0 Å². The molecule has 37 heavy (non-hydrogen) atoms. The summed E-state index contributed by atoms with van der Waals surface area (Å²) in [5.41, 5.74) is -1.73. The first kappa shape index (κ1) is 27.5. The van der Waals surface area contributed by atoms with Gasteiger partial charge in [-0.15, -0.1) is 0 Å². The highest BCUT2D eigenvalue weighted by Gasteiger charge is 2.37. The number of carbonyl (C=O) groups is 3. The number of ether oxygens (including phenoxy) is 3. The number of nitrogens with zero attached hydrogens (tertiary/aromatic N) is 2. The lowest BCUT2D eigenvalue weighted by atomic mass is 10.1. The van der Waals surface area contributed by atoms with Gasteiger partial charge in [0, 0.05) is 6.07 Å². The number of amides is 2. The van der Waals surface area contributed by atoms with Crippen molar-refractivity contribution in [1.29, 1.82) is 0 Å². The summed E-state index contributed by atoms with van der Waals surface area (Å²) in [5, 5.41) is 10.7. The smallest absolute Gasteiger partial charge is 0.416 e. The number of esters is 1. The van der Waals surface area contributed by atoms with Crippen LogP contribution >= 0.6 is 11.8 Å². The Hall–Kier alpha value is -4.07. The highest BCUT2D eigenvalue weighted by atomic mass is 32.2. The van der Waals surface area contributed by atoms with Crippen LogP contribution in [-0.2, 0) is 20.5 Å². The predicted molar refractivity (Wildman–Crippen MR) is 125 cm³/mol. The third-order valence-electron chi connectivity index (χ3n) is 4.72. The first-order valence-corrected chi connectivity index (χ1v) is 11.3. The monoisotopic (exact) mass is 540 g/mol. The van der Waals surface area contributed by atoms with Crippen molar-refractivity contribution in [3.8, 4) is 17.2 Å². The highest BCUT2D eigenvalue weighted by Crippen LogP contribution is 2.41. The van der Waals surface area contributed by atoms with Gasteiger partial charge in [0.15, 0.2) is 11.5 Å². The fourth-order valence-electron chi connectivity index (χ4n) is 3.12. The van der Waals surface area contributed by atoms with Gasteiger partial charge in [-0.3, -0.25) is 29.4 Å². The molecule has 2 aromatic carbocycles. The standard InChI is InChI=1S/C23H19F3N2O8S/c1-12(2)35-20(29)11-27-21(30)19(37-22(27)31)9-13-4-6-17(18(8-13)34-3)36-16-7-5-14(23(24,25)26)10-15(16)28(32)33/h4-10,12H,11H2,1-3H3/b19-9-. The Balaban J connectivity index is 1.85. The number of methoxy groups -OCH3 is 1. The quantitative estimate of drug-likeness (QED) is 0.187. The molecule has 1 saturated heterocycles. The minimum absolute atomic E-state index is 0.0245. The van der Waals surface area contributed by atoms with Crippen LogP contribution in [0.25, 0.3) is 6.08 Å². The first-order valence-electron chi connectivity index (χ1n) is 10.5. The van der Waals surface area contributed by atoms with E-state index in [0.29, 0.717) is 29.5 Å². The summed E-state index contributed by atoms with van der Waals surface area (Å²) in [6.07, 6.45) is -3.83.